The highest BCUT2D eigenvalue weighted by atomic mass is 35.9. The lowest BCUT2D eigenvalue weighted by molar-refractivity contribution is -0.402. The lowest BCUT2D eigenvalue weighted by atomic mass is 10.0. The van der Waals surface area contributed by atoms with E-state index < -0.39 is 200 Å². The number of H-pyrrole nitrogens is 8. The topological polar surface area (TPSA) is 732 Å². The van der Waals surface area contributed by atoms with Gasteiger partial charge in [0, 0.05) is 18.6 Å². The van der Waals surface area contributed by atoms with Gasteiger partial charge < -0.3 is 114 Å². The molecule has 9 heterocycles. The van der Waals surface area contributed by atoms with Crippen molar-refractivity contribution >= 4 is 124 Å². The Morgan fingerprint density at radius 3 is 1.31 bits per heavy atom. The molecule has 8 unspecified atom stereocenters. The number of halogens is 2. The van der Waals surface area contributed by atoms with Crippen LogP contribution in [0.3, 0.4) is 0 Å². The van der Waals surface area contributed by atoms with Crippen LogP contribution in [0.4, 0.5) is 0 Å². The van der Waals surface area contributed by atoms with Crippen LogP contribution < -0.4 is 27.4 Å². The first-order valence-electron chi connectivity index (χ1n) is 25.0. The fourth-order valence-corrected chi connectivity index (χ4v) is 17.5. The maximum absolute atomic E-state index is 12.2. The van der Waals surface area contributed by atoms with Crippen LogP contribution in [-0.4, -0.2) is 214 Å². The molecule has 5 aliphatic rings. The van der Waals surface area contributed by atoms with E-state index in [4.69, 9.17) is 120 Å². The highest BCUT2D eigenvalue weighted by molar-refractivity contribution is 8.05. The van der Waals surface area contributed by atoms with Crippen LogP contribution in [0.2, 0.25) is 0 Å². The van der Waals surface area contributed by atoms with Gasteiger partial charge in [0.15, 0.2) is 20.6 Å². The lowest BCUT2D eigenvalue weighted by Gasteiger charge is -2.27. The van der Waals surface area contributed by atoms with Crippen molar-refractivity contribution in [1.82, 2.24) is 39.5 Å². The van der Waals surface area contributed by atoms with E-state index >= 15 is 0 Å². The summed E-state index contributed by atoms with van der Waals surface area (Å²) in [5.74, 6) is 0. The first-order chi connectivity index (χ1) is 43.6. The summed E-state index contributed by atoms with van der Waals surface area (Å²) in [7, 11) is -32.3. The minimum atomic E-state index is -5.71. The molecule has 9 rings (SSSR count). The van der Waals surface area contributed by atoms with Gasteiger partial charge in [-0.1, -0.05) is 0 Å². The van der Waals surface area contributed by atoms with E-state index in [1.54, 1.807) is 0 Å². The van der Waals surface area contributed by atoms with E-state index in [0.29, 0.717) is 0 Å². The average Bonchev–Trinajstić information content (AvgIpc) is 1.27. The quantitative estimate of drug-likeness (QED) is 0.0360. The third-order valence-electron chi connectivity index (χ3n) is 12.3. The average molecular weight is 1620 g/mol. The van der Waals surface area contributed by atoms with Crippen LogP contribution in [0.1, 0.15) is 41.2 Å². The third-order valence-corrected chi connectivity index (χ3v) is 23.4. The number of aliphatic hydroxyl groups is 9. The highest BCUT2D eigenvalue weighted by Gasteiger charge is 2.56. The summed E-state index contributed by atoms with van der Waals surface area (Å²) in [4.78, 5) is 120. The smallest absolute Gasteiger partial charge is 0.394 e. The van der Waals surface area contributed by atoms with Gasteiger partial charge in [0.25, 0.3) is 21.4 Å². The van der Waals surface area contributed by atoms with Crippen LogP contribution in [-0.2, 0) is 86.0 Å². The number of hydrogen-bond donors (Lipinski definition) is 22. The van der Waals surface area contributed by atoms with Crippen molar-refractivity contribution in [2.45, 2.75) is 97.8 Å². The molecule has 47 nitrogen and oxygen atoms in total. The molecule has 20 atom stereocenters. The lowest BCUT2D eigenvalue weighted by Crippen LogP contribution is -2.38. The summed E-state index contributed by atoms with van der Waals surface area (Å²) in [5, 5.41) is 88.1. The summed E-state index contributed by atoms with van der Waals surface area (Å²) in [6.45, 7) is -2.73. The van der Waals surface area contributed by atoms with Crippen LogP contribution in [0, 0.1) is 19.1 Å². The van der Waals surface area contributed by atoms with Gasteiger partial charge in [-0.05, 0) is 71.4 Å². The van der Waals surface area contributed by atoms with Gasteiger partial charge in [-0.3, -0.25) is 42.9 Å². The maximum atomic E-state index is 12.2. The van der Waals surface area contributed by atoms with Gasteiger partial charge in [0.2, 0.25) is 6.23 Å². The Morgan fingerprint density at radius 2 is 0.926 bits per heavy atom. The molecule has 0 spiro atoms. The van der Waals surface area contributed by atoms with Gasteiger partial charge in [-0.15, -0.1) is 0 Å². The van der Waals surface area contributed by atoms with Crippen molar-refractivity contribution in [2.24, 2.45) is 0 Å². The minimum absolute atomic E-state index is 0.0112. The molecule has 5 aliphatic heterocycles. The number of hydrogen-bond acceptors (Lipinski definition) is 36. The zero-order valence-electron chi connectivity index (χ0n) is 45.9. The van der Waals surface area contributed by atoms with Crippen LogP contribution in [0.15, 0.2) is 44.1 Å². The molecule has 5 saturated heterocycles. The number of nitrogens with one attached hydrogen (secondary N) is 8. The molecule has 5 fully saturated rings. The van der Waals surface area contributed by atoms with E-state index in [1.165, 1.54) is 12.4 Å². The third kappa shape index (κ3) is 22.7. The number of aromatic amines is 8. The van der Waals surface area contributed by atoms with E-state index in [9.17, 15) is 96.9 Å². The number of phosphoric acid groups is 6. The van der Waals surface area contributed by atoms with Crippen molar-refractivity contribution in [1.29, 1.82) is 0 Å². The number of nitrogens with zero attached hydrogens (tertiary/aromatic N) is 1. The molecule has 23 N–H and O–H groups in total. The van der Waals surface area contributed by atoms with E-state index in [-0.39, 0.29) is 35.8 Å². The molecule has 0 radical (unpaired) electrons. The molecule has 536 valence electrons. The summed E-state index contributed by atoms with van der Waals surface area (Å²) >= 11 is 29.3. The van der Waals surface area contributed by atoms with Gasteiger partial charge >= 0.3 is 58.7 Å². The second kappa shape index (κ2) is 32.6. The molecule has 60 heteroatoms. The fraction of sp³-hybridized carbons (Fsp3) is 0.571. The number of ether oxygens (including phenoxy) is 4. The Labute approximate surface area is 553 Å². The molecule has 4 aromatic rings. The largest absolute Gasteiger partial charge is 0.492 e. The number of aromatic nitrogens is 9. The molecule has 0 bridgehead atoms. The number of aliphatic hydroxyl groups excluding tert-OH is 9. The van der Waals surface area contributed by atoms with Crippen molar-refractivity contribution in [2.75, 3.05) is 26.4 Å². The first-order valence-corrected chi connectivity index (χ1v) is 39.0. The van der Waals surface area contributed by atoms with Gasteiger partial charge in [0.1, 0.15) is 91.6 Å². The van der Waals surface area contributed by atoms with E-state index in [0.717, 1.165) is 17.1 Å². The predicted molar refractivity (Wildman–Crippen MR) is 313 cm³/mol. The second-order valence-corrected chi connectivity index (χ2v) is 34.3. The Hall–Kier alpha value is -2.56. The molecule has 0 aliphatic carbocycles. The second-order valence-electron chi connectivity index (χ2n) is 19.0. The summed E-state index contributed by atoms with van der Waals surface area (Å²) in [5.41, 5.74) is -2.56. The molecule has 0 aromatic carbocycles. The Bertz CT molecular complexity index is 4240. The highest BCUT2D eigenvalue weighted by Crippen LogP contribution is 2.80. The molecule has 0 saturated carbocycles. The first kappa shape index (κ1) is 81.4. The Morgan fingerprint density at radius 1 is 0.537 bits per heavy atom. The minimum Gasteiger partial charge on any atom is -0.394 e. The number of rotatable bonds is 18. The monoisotopic (exact) mass is 1620 g/mol. The predicted octanol–water partition coefficient (Wildman–Crippen LogP) is -2.55. The zero-order chi connectivity index (χ0) is 71.5. The molecular weight excluding hydrogens is 1570 g/mol. The van der Waals surface area contributed by atoms with Crippen molar-refractivity contribution in [3.63, 3.8) is 0 Å². The standard InChI is InChI=1S/C9H11Cl2N2O6PS.C9H15N2O14P3S.C9H12N2O5S.C8H12N3O13P3S/c10-20(11,17)18-2-4-5(14)6(15)7(19-4)3-1-12-9(21)13-8(3)16;12-5-4(2-22-27(18,19)25-28(20,21)24-26(15,16)17)23-7(6(5)13)3-1-10-9(29)11-8(3)14;12-2-4-5(13)6(14)7(16-4)3-1-10-9(17)11-8(3)15;12-4-3(1-20-27(19)23-25(15,16)22-26(17,18)24-27)21-6(5(4)13)11-2-9-7(28)10-8(11)14/h1,4-7,14-15H,2H2,(H2,12,13,16,21);1,4-7,12-13H,2H2,(H,18,19)(H,20,21)(H2,15,16,17)(H2,10,11,14,29);1,4-7,12-14H,2H2,(H2,10,11,15,17);2-6,12-13H,1H2,(H,15,16)(H,17,18)(H,10,14,28)/p+1/t3*4-,5?,6+,7+;3-,4?,5+,6-/m1111/s1. The summed E-state index contributed by atoms with van der Waals surface area (Å²) < 4.78 is 134. The zero-order valence-corrected chi connectivity index (χ0v) is 57.0. The van der Waals surface area contributed by atoms with Gasteiger partial charge in [-0.25, -0.2) is 42.2 Å². The molecule has 0 amide bonds. The van der Waals surface area contributed by atoms with E-state index in [2.05, 4.69) is 75.0 Å². The van der Waals surface area contributed by atoms with Crippen LogP contribution in [0.5, 0.6) is 0 Å². The Balaban J connectivity index is 0.000000204. The number of phosphoric ester groups is 1. The van der Waals surface area contributed by atoms with Crippen LogP contribution in [0.25, 0.3) is 0 Å². The SMILES string of the molecule is O=c1[nH]c(=S)[nH+]cn1[C@@H]1O[C@H](COP2(=O)OP(=O)(O)OP(=O)(O)O2)C(O)[C@@H]1O.O=c1[nH]c(=S)[nH]cc1[C@@H]1O[C@H](CO)C(O)[C@@H]1O.O=c1[nH]c(=S)[nH]cc1[C@@H]1O[C@H](COP(=O)(Cl)Cl)C(O)[C@@H]1O.O=c1[nH]c(=S)[nH]cc1[C@@H]1O[C@H](COP(=O)(O)OP(=O)(O)OP(=O)(O)O)C(O)[C@@H]1O. The maximum Gasteiger partial charge on any atom is 0.492 e. The Kier molecular flexibility index (Phi) is 27.9. The van der Waals surface area contributed by atoms with E-state index in [1.807, 2.05) is 0 Å². The molecular formula is C35H51Cl2N9O38P7S4+. The van der Waals surface area contributed by atoms with Crippen molar-refractivity contribution in [3.8, 4) is 0 Å². The van der Waals surface area contributed by atoms with Crippen molar-refractivity contribution < 1.29 is 166 Å². The molecule has 4 aromatic heterocycles. The summed E-state index contributed by atoms with van der Waals surface area (Å²) in [6, 6.07) is 0. The molecule has 95 heavy (non-hydrogen) atoms. The van der Waals surface area contributed by atoms with Gasteiger partial charge in [-0.2, -0.15) is 26.1 Å². The fourth-order valence-electron chi connectivity index (χ4n) is 8.28. The normalized spacial score (nSPS) is 34.3. The van der Waals surface area contributed by atoms with Crippen LogP contribution >= 0.6 is 124 Å². The van der Waals surface area contributed by atoms with Gasteiger partial charge in [0.05, 0.1) is 43.1 Å². The van der Waals surface area contributed by atoms with Crippen molar-refractivity contribution in [3.05, 3.63) is 102 Å². The summed E-state index contributed by atoms with van der Waals surface area (Å²) in [6.07, 6.45) is -20.8.